The van der Waals surface area contributed by atoms with Crippen molar-refractivity contribution in [3.8, 4) is 5.75 Å². The van der Waals surface area contributed by atoms with Gasteiger partial charge in [-0.2, -0.15) is 0 Å². The smallest absolute Gasteiger partial charge is 0.173 e. The zero-order chi connectivity index (χ0) is 17.9. The van der Waals surface area contributed by atoms with Gasteiger partial charge in [0.15, 0.2) is 24.7 Å². The number of carbonyl (C=O) groups excluding carboxylic acids is 1. The highest BCUT2D eigenvalue weighted by Gasteiger charge is 2.30. The molecule has 27 heavy (non-hydrogen) atoms. The van der Waals surface area contributed by atoms with Crippen molar-refractivity contribution >= 4 is 5.78 Å². The minimum absolute atomic E-state index is 0. The number of benzene rings is 2. The number of carbonyl (C=O) groups is 1. The average molecular weight is 380 g/mol. The maximum atomic E-state index is 12.7. The highest BCUT2D eigenvalue weighted by molar-refractivity contribution is 6.02. The van der Waals surface area contributed by atoms with Gasteiger partial charge in [-0.3, -0.25) is 4.79 Å². The number of pyridine rings is 1. The van der Waals surface area contributed by atoms with E-state index in [4.69, 9.17) is 4.74 Å². The Morgan fingerprint density at radius 2 is 1.74 bits per heavy atom. The number of hydrogen-bond acceptors (Lipinski definition) is 2. The molecule has 0 fully saturated rings. The molecule has 1 atom stereocenters. The Labute approximate surface area is 166 Å². The highest BCUT2D eigenvalue weighted by atomic mass is 35.5. The van der Waals surface area contributed by atoms with E-state index in [1.807, 2.05) is 24.3 Å². The maximum absolute atomic E-state index is 12.7. The molecular weight excluding hydrogens is 358 g/mol. The fraction of sp³-hybridized carbons (Fsp3) is 0.217. The molecule has 4 heteroatoms. The summed E-state index contributed by atoms with van der Waals surface area (Å²) < 4.78 is 7.44. The lowest BCUT2D eigenvalue weighted by Gasteiger charge is -2.07. The van der Waals surface area contributed by atoms with E-state index in [0.717, 1.165) is 36.3 Å². The minimum atomic E-state index is 0. The van der Waals surface area contributed by atoms with Crippen LogP contribution in [0, 0.1) is 5.92 Å². The van der Waals surface area contributed by atoms with Gasteiger partial charge in [-0.25, -0.2) is 4.57 Å². The standard InChI is InChI=1S/C23H22NO2.ClH/c1-26-21-7-8-22-19(15-21)14-20(23(22)25)13-17-9-11-24(12-10-17)16-18-5-3-2-4-6-18;/h2-12,15,20H,13-14,16H2,1H3;1H/q+1;/p-1. The Kier molecular flexibility index (Phi) is 5.92. The molecule has 3 nitrogen and oxygen atoms in total. The summed E-state index contributed by atoms with van der Waals surface area (Å²) in [5.41, 5.74) is 4.44. The van der Waals surface area contributed by atoms with Crippen LogP contribution in [-0.4, -0.2) is 12.9 Å². The Morgan fingerprint density at radius 1 is 1.00 bits per heavy atom. The number of Topliss-reactive ketones (excluding diaryl/α,β-unsaturated/α-hetero) is 1. The van der Waals surface area contributed by atoms with Gasteiger partial charge in [0.25, 0.3) is 0 Å². The van der Waals surface area contributed by atoms with E-state index in [2.05, 4.69) is 53.4 Å². The van der Waals surface area contributed by atoms with Crippen molar-refractivity contribution in [2.45, 2.75) is 19.4 Å². The zero-order valence-electron chi connectivity index (χ0n) is 15.3. The highest BCUT2D eigenvalue weighted by Crippen LogP contribution is 2.31. The van der Waals surface area contributed by atoms with Gasteiger partial charge in [0.2, 0.25) is 0 Å². The lowest BCUT2D eigenvalue weighted by molar-refractivity contribution is -0.688. The second-order valence-corrected chi connectivity index (χ2v) is 6.86. The van der Waals surface area contributed by atoms with Gasteiger partial charge in [-0.05, 0) is 42.2 Å². The fourth-order valence-corrected chi connectivity index (χ4v) is 3.66. The lowest BCUT2D eigenvalue weighted by Crippen LogP contribution is -3.00. The van der Waals surface area contributed by atoms with Crippen molar-refractivity contribution in [1.29, 1.82) is 0 Å². The van der Waals surface area contributed by atoms with E-state index >= 15 is 0 Å². The van der Waals surface area contributed by atoms with Crippen molar-refractivity contribution in [3.05, 3.63) is 95.3 Å². The molecular formula is C23H22ClNO2. The van der Waals surface area contributed by atoms with Crippen LogP contribution in [0.15, 0.2) is 73.1 Å². The van der Waals surface area contributed by atoms with Crippen LogP contribution < -0.4 is 21.7 Å². The van der Waals surface area contributed by atoms with Crippen molar-refractivity contribution in [2.24, 2.45) is 5.92 Å². The average Bonchev–Trinajstić information content (AvgIpc) is 2.99. The lowest BCUT2D eigenvalue weighted by atomic mass is 9.96. The van der Waals surface area contributed by atoms with Gasteiger partial charge in [0.1, 0.15) is 5.75 Å². The topological polar surface area (TPSA) is 30.2 Å². The van der Waals surface area contributed by atoms with E-state index in [9.17, 15) is 4.79 Å². The molecule has 1 aliphatic carbocycles. The third-order valence-electron chi connectivity index (χ3n) is 5.07. The minimum Gasteiger partial charge on any atom is -1.00 e. The van der Waals surface area contributed by atoms with Gasteiger partial charge in [0.05, 0.1) is 7.11 Å². The number of rotatable bonds is 5. The van der Waals surface area contributed by atoms with Crippen molar-refractivity contribution in [2.75, 3.05) is 7.11 Å². The van der Waals surface area contributed by atoms with Gasteiger partial charge in [0, 0.05) is 29.2 Å². The van der Waals surface area contributed by atoms with E-state index < -0.39 is 0 Å². The normalized spacial score (nSPS) is 15.1. The molecule has 138 valence electrons. The maximum Gasteiger partial charge on any atom is 0.173 e. The van der Waals surface area contributed by atoms with Crippen LogP contribution in [0.2, 0.25) is 0 Å². The van der Waals surface area contributed by atoms with Crippen LogP contribution in [0.4, 0.5) is 0 Å². The number of aromatic nitrogens is 1. The van der Waals surface area contributed by atoms with Crippen molar-refractivity contribution < 1.29 is 26.5 Å². The third-order valence-corrected chi connectivity index (χ3v) is 5.07. The molecule has 3 aromatic rings. The fourth-order valence-electron chi connectivity index (χ4n) is 3.66. The quantitative estimate of drug-likeness (QED) is 0.609. The first-order valence-electron chi connectivity index (χ1n) is 8.96. The number of methoxy groups -OCH3 is 1. The molecule has 0 saturated carbocycles. The predicted octanol–water partition coefficient (Wildman–Crippen LogP) is 0.633. The number of ketones is 1. The van der Waals surface area contributed by atoms with Crippen molar-refractivity contribution in [1.82, 2.24) is 0 Å². The van der Waals surface area contributed by atoms with Gasteiger partial charge >= 0.3 is 0 Å². The second-order valence-electron chi connectivity index (χ2n) is 6.86. The number of ether oxygens (including phenoxy) is 1. The third kappa shape index (κ3) is 4.20. The molecule has 0 radical (unpaired) electrons. The van der Waals surface area contributed by atoms with Crippen LogP contribution >= 0.6 is 0 Å². The Bertz CT molecular complexity index is 923. The number of halogens is 1. The molecule has 4 rings (SSSR count). The van der Waals surface area contributed by atoms with Gasteiger partial charge in [-0.1, -0.05) is 30.3 Å². The molecule has 1 unspecified atom stereocenters. The number of fused-ring (bicyclic) bond motifs is 1. The Morgan fingerprint density at radius 3 is 2.44 bits per heavy atom. The summed E-state index contributed by atoms with van der Waals surface area (Å²) in [6.45, 7) is 0.856. The van der Waals surface area contributed by atoms with Crippen LogP contribution in [0.1, 0.15) is 27.0 Å². The van der Waals surface area contributed by atoms with Crippen molar-refractivity contribution in [3.63, 3.8) is 0 Å². The van der Waals surface area contributed by atoms with Crippen LogP contribution in [0.25, 0.3) is 0 Å². The molecule has 1 heterocycles. The first-order valence-corrected chi connectivity index (χ1v) is 8.96. The summed E-state index contributed by atoms with van der Waals surface area (Å²) in [5, 5.41) is 0. The Balaban J connectivity index is 0.00000210. The monoisotopic (exact) mass is 379 g/mol. The largest absolute Gasteiger partial charge is 1.00 e. The van der Waals surface area contributed by atoms with Crippen LogP contribution in [0.5, 0.6) is 5.75 Å². The van der Waals surface area contributed by atoms with E-state index in [1.165, 1.54) is 11.1 Å². The first kappa shape index (κ1) is 19.1. The molecule has 2 aromatic carbocycles. The molecule has 0 bridgehead atoms. The predicted molar refractivity (Wildman–Crippen MR) is 100 cm³/mol. The van der Waals surface area contributed by atoms with E-state index in [-0.39, 0.29) is 24.1 Å². The first-order chi connectivity index (χ1) is 12.7. The molecule has 1 aliphatic rings. The van der Waals surface area contributed by atoms with Gasteiger partial charge in [-0.15, -0.1) is 0 Å². The van der Waals surface area contributed by atoms with Crippen LogP contribution in [0.3, 0.4) is 0 Å². The summed E-state index contributed by atoms with van der Waals surface area (Å²) >= 11 is 0. The summed E-state index contributed by atoms with van der Waals surface area (Å²) in [4.78, 5) is 12.7. The van der Waals surface area contributed by atoms with E-state index in [0.29, 0.717) is 0 Å². The summed E-state index contributed by atoms with van der Waals surface area (Å²) in [6, 6.07) is 20.4. The molecule has 0 aliphatic heterocycles. The van der Waals surface area contributed by atoms with Gasteiger partial charge < -0.3 is 17.1 Å². The second kappa shape index (κ2) is 8.36. The van der Waals surface area contributed by atoms with Crippen LogP contribution in [-0.2, 0) is 19.4 Å². The molecule has 0 amide bonds. The molecule has 0 spiro atoms. The molecule has 1 aromatic heterocycles. The molecule has 0 saturated heterocycles. The summed E-state index contributed by atoms with van der Waals surface area (Å²) in [5.74, 6) is 1.10. The molecule has 0 N–H and O–H groups in total. The van der Waals surface area contributed by atoms with E-state index in [1.54, 1.807) is 7.11 Å². The number of hydrogen-bond donors (Lipinski definition) is 0. The Hall–Kier alpha value is -2.65. The SMILES string of the molecule is COc1ccc2c(c1)CC(Cc1cc[n+](Cc3ccccc3)cc1)C2=O.[Cl-]. The summed E-state index contributed by atoms with van der Waals surface area (Å²) in [6.07, 6.45) is 5.77. The summed E-state index contributed by atoms with van der Waals surface area (Å²) in [7, 11) is 1.66. The number of nitrogens with zero attached hydrogens (tertiary/aromatic N) is 1. The zero-order valence-corrected chi connectivity index (χ0v) is 16.0.